The summed E-state index contributed by atoms with van der Waals surface area (Å²) in [5.41, 5.74) is 2.54. The van der Waals surface area contributed by atoms with Crippen LogP contribution in [-0.4, -0.2) is 40.8 Å². The Balaban J connectivity index is 1.28. The Morgan fingerprint density at radius 1 is 1.03 bits per heavy atom. The molecule has 2 fully saturated rings. The number of benzene rings is 2. The topological polar surface area (TPSA) is 94.3 Å². The molecule has 33 heavy (non-hydrogen) atoms. The molecular weight excluding hydrogens is 416 g/mol. The second kappa shape index (κ2) is 8.06. The van der Waals surface area contributed by atoms with Gasteiger partial charge in [0, 0.05) is 35.8 Å². The van der Waals surface area contributed by atoms with Crippen LogP contribution in [0.25, 0.3) is 10.9 Å². The molecule has 1 atom stereocenters. The fourth-order valence-corrected chi connectivity index (χ4v) is 5.18. The van der Waals surface area contributed by atoms with Gasteiger partial charge in [-0.1, -0.05) is 44.2 Å². The van der Waals surface area contributed by atoms with Crippen LogP contribution in [0.4, 0.5) is 4.79 Å². The third-order valence-electron chi connectivity index (χ3n) is 7.12. The SMILES string of the molecule is CC(C)[C@]1(c2ccc(C(=O)N3CCC(c4cc5ccccc5[nH]4)CC3)cc2)NC(=O)NC1=O. The van der Waals surface area contributed by atoms with Crippen LogP contribution in [0.2, 0.25) is 0 Å². The number of aromatic nitrogens is 1. The highest BCUT2D eigenvalue weighted by atomic mass is 16.2. The zero-order valence-electron chi connectivity index (χ0n) is 18.9. The van der Waals surface area contributed by atoms with Crippen molar-refractivity contribution < 1.29 is 14.4 Å². The molecule has 0 spiro atoms. The first-order valence-corrected chi connectivity index (χ1v) is 11.5. The first-order valence-electron chi connectivity index (χ1n) is 11.5. The Morgan fingerprint density at radius 3 is 2.33 bits per heavy atom. The average molecular weight is 445 g/mol. The third kappa shape index (κ3) is 3.57. The van der Waals surface area contributed by atoms with Gasteiger partial charge in [0.15, 0.2) is 0 Å². The maximum atomic E-state index is 13.1. The summed E-state index contributed by atoms with van der Waals surface area (Å²) < 4.78 is 0. The lowest BCUT2D eigenvalue weighted by atomic mass is 9.79. The van der Waals surface area contributed by atoms with E-state index in [4.69, 9.17) is 0 Å². The van der Waals surface area contributed by atoms with Crippen molar-refractivity contribution in [3.8, 4) is 0 Å². The van der Waals surface area contributed by atoms with Gasteiger partial charge in [-0.15, -0.1) is 0 Å². The van der Waals surface area contributed by atoms with Gasteiger partial charge in [0.2, 0.25) is 0 Å². The number of piperidine rings is 1. The van der Waals surface area contributed by atoms with Crippen LogP contribution in [0.15, 0.2) is 54.6 Å². The molecule has 2 saturated heterocycles. The molecule has 170 valence electrons. The highest BCUT2D eigenvalue weighted by Crippen LogP contribution is 2.34. The molecule has 0 unspecified atom stereocenters. The average Bonchev–Trinajstić information content (AvgIpc) is 3.39. The van der Waals surface area contributed by atoms with Crippen molar-refractivity contribution in [2.45, 2.75) is 38.1 Å². The minimum Gasteiger partial charge on any atom is -0.358 e. The molecule has 0 bridgehead atoms. The van der Waals surface area contributed by atoms with E-state index in [9.17, 15) is 14.4 Å². The second-order valence-corrected chi connectivity index (χ2v) is 9.33. The zero-order chi connectivity index (χ0) is 23.2. The Bertz CT molecular complexity index is 1190. The molecule has 0 saturated carbocycles. The number of rotatable bonds is 4. The van der Waals surface area contributed by atoms with Crippen molar-refractivity contribution in [1.82, 2.24) is 20.5 Å². The molecule has 3 N–H and O–H groups in total. The Kier molecular flexibility index (Phi) is 5.19. The predicted octanol–water partition coefficient (Wildman–Crippen LogP) is 3.88. The highest BCUT2D eigenvalue weighted by molar-refractivity contribution is 6.07. The van der Waals surface area contributed by atoms with Crippen LogP contribution >= 0.6 is 0 Å². The first-order chi connectivity index (χ1) is 15.9. The van der Waals surface area contributed by atoms with Gasteiger partial charge in [-0.3, -0.25) is 14.9 Å². The van der Waals surface area contributed by atoms with Gasteiger partial charge in [0.05, 0.1) is 0 Å². The van der Waals surface area contributed by atoms with Crippen LogP contribution in [0, 0.1) is 5.92 Å². The van der Waals surface area contributed by atoms with Crippen molar-refractivity contribution in [2.75, 3.05) is 13.1 Å². The van der Waals surface area contributed by atoms with Crippen molar-refractivity contribution in [3.63, 3.8) is 0 Å². The number of fused-ring (bicyclic) bond motifs is 1. The summed E-state index contributed by atoms with van der Waals surface area (Å²) >= 11 is 0. The number of hydrogen-bond acceptors (Lipinski definition) is 3. The number of nitrogens with one attached hydrogen (secondary N) is 3. The molecule has 2 aromatic carbocycles. The van der Waals surface area contributed by atoms with Crippen molar-refractivity contribution in [2.24, 2.45) is 5.92 Å². The predicted molar refractivity (Wildman–Crippen MR) is 126 cm³/mol. The largest absolute Gasteiger partial charge is 0.358 e. The lowest BCUT2D eigenvalue weighted by molar-refractivity contribution is -0.125. The van der Waals surface area contributed by atoms with E-state index in [1.165, 1.54) is 11.1 Å². The van der Waals surface area contributed by atoms with E-state index in [1.54, 1.807) is 24.3 Å². The van der Waals surface area contributed by atoms with Crippen molar-refractivity contribution in [1.29, 1.82) is 0 Å². The summed E-state index contributed by atoms with van der Waals surface area (Å²) in [5.74, 6) is -0.0934. The molecule has 4 amide bonds. The standard InChI is InChI=1S/C26H28N4O3/c1-16(2)26(24(32)28-25(33)29-26)20-9-7-18(8-10-20)23(31)30-13-11-17(12-14-30)22-15-19-5-3-4-6-21(19)27-22/h3-10,15-17,27H,11-14H2,1-2H3,(H2,28,29,32,33)/t26-/m1/s1. The number of likely N-dealkylation sites (tertiary alicyclic amines) is 1. The van der Waals surface area contributed by atoms with E-state index < -0.39 is 11.6 Å². The molecule has 7 nitrogen and oxygen atoms in total. The van der Waals surface area contributed by atoms with E-state index in [0.717, 1.165) is 18.4 Å². The smallest absolute Gasteiger partial charge is 0.322 e. The number of urea groups is 1. The van der Waals surface area contributed by atoms with Gasteiger partial charge in [-0.05, 0) is 54.0 Å². The van der Waals surface area contributed by atoms with Crippen LogP contribution in [0.5, 0.6) is 0 Å². The summed E-state index contributed by atoms with van der Waals surface area (Å²) in [6, 6.07) is 17.1. The summed E-state index contributed by atoms with van der Waals surface area (Å²) in [6.07, 6.45) is 1.83. The number of carbonyl (C=O) groups is 3. The van der Waals surface area contributed by atoms with E-state index in [2.05, 4.69) is 33.8 Å². The van der Waals surface area contributed by atoms with E-state index in [-0.39, 0.29) is 17.7 Å². The van der Waals surface area contributed by atoms with Gasteiger partial charge >= 0.3 is 6.03 Å². The molecule has 0 aliphatic carbocycles. The fourth-order valence-electron chi connectivity index (χ4n) is 5.18. The second-order valence-electron chi connectivity index (χ2n) is 9.33. The van der Waals surface area contributed by atoms with Crippen LogP contribution in [0.1, 0.15) is 54.2 Å². The van der Waals surface area contributed by atoms with Crippen molar-refractivity contribution in [3.05, 3.63) is 71.4 Å². The number of hydrogen-bond donors (Lipinski definition) is 3. The molecule has 7 heteroatoms. The lowest BCUT2D eigenvalue weighted by Crippen LogP contribution is -2.48. The number of carbonyl (C=O) groups excluding carboxylic acids is 3. The van der Waals surface area contributed by atoms with Crippen molar-refractivity contribution >= 4 is 28.7 Å². The number of imide groups is 1. The molecule has 1 aromatic heterocycles. The minimum absolute atomic E-state index is 0.00449. The minimum atomic E-state index is -1.11. The van der Waals surface area contributed by atoms with Crippen LogP contribution < -0.4 is 10.6 Å². The van der Waals surface area contributed by atoms with Crippen LogP contribution in [0.3, 0.4) is 0 Å². The van der Waals surface area contributed by atoms with Crippen LogP contribution in [-0.2, 0) is 10.3 Å². The van der Waals surface area contributed by atoms with Gasteiger partial charge in [-0.2, -0.15) is 0 Å². The highest BCUT2D eigenvalue weighted by Gasteiger charge is 2.50. The van der Waals surface area contributed by atoms with Gasteiger partial charge in [0.25, 0.3) is 11.8 Å². The Labute approximate surface area is 192 Å². The zero-order valence-corrected chi connectivity index (χ0v) is 18.9. The number of nitrogens with zero attached hydrogens (tertiary/aromatic N) is 1. The third-order valence-corrected chi connectivity index (χ3v) is 7.12. The van der Waals surface area contributed by atoms with E-state index in [1.807, 2.05) is 30.9 Å². The first kappa shape index (κ1) is 21.2. The number of H-pyrrole nitrogens is 1. The molecule has 3 aromatic rings. The maximum absolute atomic E-state index is 13.1. The van der Waals surface area contributed by atoms with E-state index in [0.29, 0.717) is 30.1 Å². The van der Waals surface area contributed by atoms with Gasteiger partial charge in [-0.25, -0.2) is 4.79 Å². The van der Waals surface area contributed by atoms with E-state index >= 15 is 0 Å². The van der Waals surface area contributed by atoms with Gasteiger partial charge in [0.1, 0.15) is 5.54 Å². The number of aromatic amines is 1. The summed E-state index contributed by atoms with van der Waals surface area (Å²) in [7, 11) is 0. The number of amides is 4. The Morgan fingerprint density at radius 2 is 1.73 bits per heavy atom. The summed E-state index contributed by atoms with van der Waals surface area (Å²) in [6.45, 7) is 5.19. The molecule has 2 aliphatic heterocycles. The monoisotopic (exact) mass is 444 g/mol. The maximum Gasteiger partial charge on any atom is 0.322 e. The summed E-state index contributed by atoms with van der Waals surface area (Å²) in [5, 5.41) is 6.33. The fraction of sp³-hybridized carbons (Fsp3) is 0.346. The normalized spacial score (nSPS) is 21.5. The summed E-state index contributed by atoms with van der Waals surface area (Å²) in [4.78, 5) is 42.9. The number of para-hydroxylation sites is 1. The Hall–Kier alpha value is -3.61. The van der Waals surface area contributed by atoms with Gasteiger partial charge < -0.3 is 15.2 Å². The molecule has 2 aliphatic rings. The molecule has 0 radical (unpaired) electrons. The molecule has 3 heterocycles. The molecular formula is C26H28N4O3. The lowest BCUT2D eigenvalue weighted by Gasteiger charge is -2.32. The molecule has 5 rings (SSSR count). The quantitative estimate of drug-likeness (QED) is 0.533.